The summed E-state index contributed by atoms with van der Waals surface area (Å²) in [5.74, 6) is 0.632. The van der Waals surface area contributed by atoms with Crippen LogP contribution < -0.4 is 10.5 Å². The average molecular weight is 396 g/mol. The van der Waals surface area contributed by atoms with Crippen molar-refractivity contribution in [2.45, 2.75) is 11.3 Å². The number of nitrogens with one attached hydrogen (secondary N) is 1. The Morgan fingerprint density at radius 2 is 1.71 bits per heavy atom. The number of benzene rings is 3. The van der Waals surface area contributed by atoms with Gasteiger partial charge in [-0.05, 0) is 29.3 Å². The predicted molar refractivity (Wildman–Crippen MR) is 108 cm³/mol. The molecule has 0 aliphatic carbocycles. The number of rotatable bonds is 7. The maximum atomic E-state index is 11.6. The third kappa shape index (κ3) is 4.76. The molecule has 0 unspecified atom stereocenters. The van der Waals surface area contributed by atoms with E-state index in [1.807, 2.05) is 12.1 Å². The lowest BCUT2D eigenvalue weighted by atomic mass is 10.1. The minimum Gasteiger partial charge on any atom is -0.493 e. The monoisotopic (exact) mass is 396 g/mol. The highest BCUT2D eigenvalue weighted by atomic mass is 32.2. The van der Waals surface area contributed by atoms with Crippen LogP contribution in [0.15, 0.2) is 77.7 Å². The summed E-state index contributed by atoms with van der Waals surface area (Å²) < 4.78 is 38.5. The van der Waals surface area contributed by atoms with Gasteiger partial charge in [-0.15, -0.1) is 0 Å². The Morgan fingerprint density at radius 3 is 2.39 bits per heavy atom. The van der Waals surface area contributed by atoms with Crippen LogP contribution in [0.4, 0.5) is 0 Å². The summed E-state index contributed by atoms with van der Waals surface area (Å²) in [7, 11) is -4.32. The van der Waals surface area contributed by atoms with Gasteiger partial charge in [-0.1, -0.05) is 54.6 Å². The van der Waals surface area contributed by atoms with Crippen molar-refractivity contribution in [2.75, 3.05) is 6.61 Å². The van der Waals surface area contributed by atoms with Gasteiger partial charge in [0.25, 0.3) is 10.1 Å². The number of nitrogen functional groups attached to an aromatic ring is 1. The van der Waals surface area contributed by atoms with Crippen molar-refractivity contribution >= 4 is 16.0 Å². The van der Waals surface area contributed by atoms with Crippen LogP contribution >= 0.6 is 0 Å². The molecule has 0 fully saturated rings. The first-order valence-electron chi connectivity index (χ1n) is 8.58. The molecule has 3 aromatic carbocycles. The molecule has 4 N–H and O–H groups in total. The number of ether oxygens (including phenoxy) is 1. The van der Waals surface area contributed by atoms with E-state index in [1.165, 1.54) is 6.07 Å². The van der Waals surface area contributed by atoms with Gasteiger partial charge in [-0.25, -0.2) is 0 Å². The van der Waals surface area contributed by atoms with Gasteiger partial charge in [0.05, 0.1) is 6.61 Å². The largest absolute Gasteiger partial charge is 0.493 e. The molecular weight excluding hydrogens is 376 g/mol. The highest BCUT2D eigenvalue weighted by Crippen LogP contribution is 2.29. The van der Waals surface area contributed by atoms with Crippen LogP contribution in [-0.4, -0.2) is 25.4 Å². The van der Waals surface area contributed by atoms with Gasteiger partial charge in [0.2, 0.25) is 0 Å². The number of nitrogens with two attached hydrogens (primary N) is 1. The number of hydrogen-bond acceptors (Lipinski definition) is 4. The van der Waals surface area contributed by atoms with E-state index in [2.05, 4.69) is 0 Å². The summed E-state index contributed by atoms with van der Waals surface area (Å²) in [5, 5.41) is 7.40. The van der Waals surface area contributed by atoms with Crippen LogP contribution in [0, 0.1) is 5.41 Å². The van der Waals surface area contributed by atoms with E-state index in [1.54, 1.807) is 54.6 Å². The zero-order valence-electron chi connectivity index (χ0n) is 15.0. The molecule has 3 aromatic rings. The molecule has 6 nitrogen and oxygen atoms in total. The molecule has 0 radical (unpaired) electrons. The van der Waals surface area contributed by atoms with Crippen molar-refractivity contribution in [3.05, 3.63) is 83.9 Å². The molecule has 0 spiro atoms. The Balaban J connectivity index is 1.72. The second-order valence-electron chi connectivity index (χ2n) is 6.21. The Bertz CT molecular complexity index is 1090. The zero-order valence-corrected chi connectivity index (χ0v) is 15.8. The van der Waals surface area contributed by atoms with Gasteiger partial charge in [0, 0.05) is 17.5 Å². The smallest absolute Gasteiger partial charge is 0.295 e. The topological polar surface area (TPSA) is 113 Å². The molecule has 0 aliphatic rings. The zero-order chi connectivity index (χ0) is 20.1. The van der Waals surface area contributed by atoms with E-state index >= 15 is 0 Å². The van der Waals surface area contributed by atoms with Crippen molar-refractivity contribution in [3.63, 3.8) is 0 Å². The lowest BCUT2D eigenvalue weighted by molar-refractivity contribution is 0.322. The summed E-state index contributed by atoms with van der Waals surface area (Å²) >= 11 is 0. The molecule has 28 heavy (non-hydrogen) atoms. The van der Waals surface area contributed by atoms with Crippen molar-refractivity contribution in [1.29, 1.82) is 5.41 Å². The molecular formula is C21H20N2O4S. The van der Waals surface area contributed by atoms with E-state index in [-0.39, 0.29) is 10.7 Å². The quantitative estimate of drug-likeness (QED) is 0.321. The maximum absolute atomic E-state index is 11.6. The minimum absolute atomic E-state index is 0.0322. The first-order valence-corrected chi connectivity index (χ1v) is 10.0. The first kappa shape index (κ1) is 19.6. The van der Waals surface area contributed by atoms with Crippen LogP contribution in [0.25, 0.3) is 11.1 Å². The second-order valence-corrected chi connectivity index (χ2v) is 7.60. The van der Waals surface area contributed by atoms with Crippen LogP contribution in [0.2, 0.25) is 0 Å². The van der Waals surface area contributed by atoms with Gasteiger partial charge in [0.1, 0.15) is 16.5 Å². The van der Waals surface area contributed by atoms with Crippen LogP contribution in [0.5, 0.6) is 5.75 Å². The SMILES string of the molecule is N=C(N)c1ccc(CCOc2cccc(-c3ccccc3S(=O)(=O)O)c2)cc1. The molecule has 0 bridgehead atoms. The average Bonchev–Trinajstić information content (AvgIpc) is 2.68. The van der Waals surface area contributed by atoms with Crippen molar-refractivity contribution < 1.29 is 17.7 Å². The fourth-order valence-electron chi connectivity index (χ4n) is 2.82. The second kappa shape index (κ2) is 8.24. The van der Waals surface area contributed by atoms with Crippen molar-refractivity contribution in [3.8, 4) is 16.9 Å². The molecule has 0 heterocycles. The summed E-state index contributed by atoms with van der Waals surface area (Å²) in [6.07, 6.45) is 0.671. The van der Waals surface area contributed by atoms with Crippen LogP contribution in [0.1, 0.15) is 11.1 Å². The molecule has 144 valence electrons. The number of amidine groups is 1. The molecule has 7 heteroatoms. The van der Waals surface area contributed by atoms with E-state index < -0.39 is 10.1 Å². The highest BCUT2D eigenvalue weighted by Gasteiger charge is 2.16. The Labute approximate surface area is 163 Å². The highest BCUT2D eigenvalue weighted by molar-refractivity contribution is 7.86. The maximum Gasteiger partial charge on any atom is 0.295 e. The van der Waals surface area contributed by atoms with Gasteiger partial charge in [0.15, 0.2) is 0 Å². The summed E-state index contributed by atoms with van der Waals surface area (Å²) in [4.78, 5) is -0.141. The molecule has 0 saturated carbocycles. The standard InChI is InChI=1S/C21H20N2O4S/c22-21(23)16-10-8-15(9-11-16)12-13-27-18-5-3-4-17(14-18)19-6-1-2-7-20(19)28(24,25)26/h1-11,14H,12-13H2,(H3,22,23)(H,24,25,26). The predicted octanol–water partition coefficient (Wildman–Crippen LogP) is 3.51. The normalized spacial score (nSPS) is 11.2. The lowest BCUT2D eigenvalue weighted by Crippen LogP contribution is -2.10. The Hall–Kier alpha value is -3.16. The van der Waals surface area contributed by atoms with Crippen molar-refractivity contribution in [1.82, 2.24) is 0 Å². The minimum atomic E-state index is -4.32. The van der Waals surface area contributed by atoms with E-state index in [4.69, 9.17) is 15.9 Å². The van der Waals surface area contributed by atoms with Gasteiger partial charge >= 0.3 is 0 Å². The fraction of sp³-hybridized carbons (Fsp3) is 0.0952. The Morgan fingerprint density at radius 1 is 1.00 bits per heavy atom. The van der Waals surface area contributed by atoms with Gasteiger partial charge in [-0.3, -0.25) is 9.96 Å². The van der Waals surface area contributed by atoms with Gasteiger partial charge < -0.3 is 10.5 Å². The lowest BCUT2D eigenvalue weighted by Gasteiger charge is -2.11. The summed E-state index contributed by atoms with van der Waals surface area (Å²) in [6.45, 7) is 0.433. The Kier molecular flexibility index (Phi) is 5.77. The third-order valence-corrected chi connectivity index (χ3v) is 5.15. The van der Waals surface area contributed by atoms with E-state index in [0.29, 0.717) is 35.5 Å². The van der Waals surface area contributed by atoms with Crippen molar-refractivity contribution in [2.24, 2.45) is 5.73 Å². The molecule has 0 amide bonds. The molecule has 0 saturated heterocycles. The van der Waals surface area contributed by atoms with Crippen LogP contribution in [0.3, 0.4) is 0 Å². The molecule has 0 aromatic heterocycles. The summed E-state index contributed by atoms with van der Waals surface area (Å²) in [6, 6.07) is 20.7. The van der Waals surface area contributed by atoms with Gasteiger partial charge in [-0.2, -0.15) is 8.42 Å². The molecule has 0 atom stereocenters. The summed E-state index contributed by atoms with van der Waals surface area (Å²) in [5.41, 5.74) is 8.22. The first-order chi connectivity index (χ1) is 13.3. The molecule has 3 rings (SSSR count). The third-order valence-electron chi connectivity index (χ3n) is 4.23. The van der Waals surface area contributed by atoms with E-state index in [0.717, 1.165) is 5.56 Å². The fourth-order valence-corrected chi connectivity index (χ4v) is 3.54. The number of hydrogen-bond donors (Lipinski definition) is 3. The molecule has 0 aliphatic heterocycles. The van der Waals surface area contributed by atoms with Crippen LogP contribution in [-0.2, 0) is 16.5 Å². The van der Waals surface area contributed by atoms with E-state index in [9.17, 15) is 13.0 Å².